The van der Waals surface area contributed by atoms with E-state index in [9.17, 15) is 8.78 Å². The van der Waals surface area contributed by atoms with Crippen molar-refractivity contribution in [1.29, 1.82) is 0 Å². The van der Waals surface area contributed by atoms with Crippen LogP contribution in [0.25, 0.3) is 0 Å². The van der Waals surface area contributed by atoms with E-state index in [1.807, 2.05) is 0 Å². The van der Waals surface area contributed by atoms with Crippen LogP contribution in [0.4, 0.5) is 14.6 Å². The third-order valence-corrected chi connectivity index (χ3v) is 2.81. The summed E-state index contributed by atoms with van der Waals surface area (Å²) in [6.07, 6.45) is -0.744. The van der Waals surface area contributed by atoms with Crippen LogP contribution in [0.3, 0.4) is 0 Å². The van der Waals surface area contributed by atoms with Gasteiger partial charge >= 0.3 is 0 Å². The summed E-state index contributed by atoms with van der Waals surface area (Å²) in [6, 6.07) is 1.76. The molecular formula is C13H20ClF2N3. The van der Waals surface area contributed by atoms with Crippen LogP contribution < -0.4 is 10.2 Å². The quantitative estimate of drug-likeness (QED) is 0.836. The summed E-state index contributed by atoms with van der Waals surface area (Å²) in [5.41, 5.74) is 0.944. The largest absolute Gasteiger partial charge is 0.353 e. The van der Waals surface area contributed by atoms with Crippen molar-refractivity contribution in [2.75, 3.05) is 25.0 Å². The van der Waals surface area contributed by atoms with Crippen molar-refractivity contribution < 1.29 is 8.78 Å². The third-order valence-electron chi connectivity index (χ3n) is 2.53. The minimum Gasteiger partial charge on any atom is -0.353 e. The van der Waals surface area contributed by atoms with Gasteiger partial charge in [0.05, 0.1) is 11.6 Å². The molecule has 0 unspecified atom stereocenters. The zero-order valence-electron chi connectivity index (χ0n) is 11.5. The lowest BCUT2D eigenvalue weighted by atomic mass is 10.2. The Morgan fingerprint density at radius 2 is 2.11 bits per heavy atom. The summed E-state index contributed by atoms with van der Waals surface area (Å²) >= 11 is 6.07. The maximum absolute atomic E-state index is 12.3. The SMILES string of the molecule is CC(C)CNCc1cnc(N(C)CC(F)F)c(Cl)c1. The van der Waals surface area contributed by atoms with Crippen LogP contribution in [0.15, 0.2) is 12.3 Å². The molecule has 1 aromatic rings. The minimum atomic E-state index is -2.41. The van der Waals surface area contributed by atoms with Gasteiger partial charge in [0.1, 0.15) is 5.82 Å². The molecule has 1 heterocycles. The number of pyridine rings is 1. The smallest absolute Gasteiger partial charge is 0.255 e. The molecule has 0 fully saturated rings. The van der Waals surface area contributed by atoms with Crippen molar-refractivity contribution in [2.45, 2.75) is 26.8 Å². The van der Waals surface area contributed by atoms with Crippen LogP contribution in [-0.4, -0.2) is 31.5 Å². The molecule has 6 heteroatoms. The van der Waals surface area contributed by atoms with Crippen LogP contribution in [0.1, 0.15) is 19.4 Å². The van der Waals surface area contributed by atoms with Crippen LogP contribution in [-0.2, 0) is 6.54 Å². The molecule has 1 N–H and O–H groups in total. The van der Waals surface area contributed by atoms with Gasteiger partial charge in [-0.05, 0) is 24.1 Å². The summed E-state index contributed by atoms with van der Waals surface area (Å²) in [5, 5.41) is 3.67. The first-order valence-electron chi connectivity index (χ1n) is 6.24. The molecular weight excluding hydrogens is 272 g/mol. The Bertz CT molecular complexity index is 399. The monoisotopic (exact) mass is 291 g/mol. The number of anilines is 1. The van der Waals surface area contributed by atoms with E-state index < -0.39 is 6.43 Å². The topological polar surface area (TPSA) is 28.2 Å². The van der Waals surface area contributed by atoms with Gasteiger partial charge in [-0.2, -0.15) is 0 Å². The van der Waals surface area contributed by atoms with Gasteiger partial charge in [0.2, 0.25) is 0 Å². The molecule has 0 bridgehead atoms. The van der Waals surface area contributed by atoms with Gasteiger partial charge in [0, 0.05) is 19.8 Å². The van der Waals surface area contributed by atoms with Gasteiger partial charge in [-0.3, -0.25) is 0 Å². The second-order valence-corrected chi connectivity index (χ2v) is 5.35. The van der Waals surface area contributed by atoms with Gasteiger partial charge in [-0.15, -0.1) is 0 Å². The van der Waals surface area contributed by atoms with Crippen molar-refractivity contribution in [3.05, 3.63) is 22.8 Å². The third kappa shape index (κ3) is 5.70. The number of hydrogen-bond donors (Lipinski definition) is 1. The predicted molar refractivity (Wildman–Crippen MR) is 75.1 cm³/mol. The molecule has 0 saturated heterocycles. The Morgan fingerprint density at radius 1 is 1.42 bits per heavy atom. The highest BCUT2D eigenvalue weighted by Gasteiger charge is 2.13. The fourth-order valence-corrected chi connectivity index (χ4v) is 1.98. The molecule has 0 spiro atoms. The highest BCUT2D eigenvalue weighted by atomic mass is 35.5. The number of nitrogens with one attached hydrogen (secondary N) is 1. The highest BCUT2D eigenvalue weighted by Crippen LogP contribution is 2.23. The Balaban J connectivity index is 2.63. The van der Waals surface area contributed by atoms with E-state index in [0.717, 1.165) is 12.1 Å². The van der Waals surface area contributed by atoms with Gasteiger partial charge in [-0.1, -0.05) is 25.4 Å². The van der Waals surface area contributed by atoms with Gasteiger partial charge in [-0.25, -0.2) is 13.8 Å². The average Bonchev–Trinajstić information content (AvgIpc) is 2.27. The Kier molecular flexibility index (Phi) is 6.45. The maximum atomic E-state index is 12.3. The molecule has 0 aliphatic heterocycles. The summed E-state index contributed by atoms with van der Waals surface area (Å²) in [4.78, 5) is 5.51. The van der Waals surface area contributed by atoms with Crippen LogP contribution >= 0.6 is 11.6 Å². The molecule has 0 amide bonds. The summed E-state index contributed by atoms with van der Waals surface area (Å²) in [5.74, 6) is 0.953. The molecule has 3 nitrogen and oxygen atoms in total. The first-order valence-corrected chi connectivity index (χ1v) is 6.62. The van der Waals surface area contributed by atoms with Crippen molar-refractivity contribution in [3.8, 4) is 0 Å². The summed E-state index contributed by atoms with van der Waals surface area (Å²) in [6.45, 7) is 5.45. The first-order chi connectivity index (χ1) is 8.90. The molecule has 0 radical (unpaired) electrons. The second-order valence-electron chi connectivity index (χ2n) is 4.95. The van der Waals surface area contributed by atoms with Gasteiger partial charge in [0.15, 0.2) is 0 Å². The lowest BCUT2D eigenvalue weighted by molar-refractivity contribution is 0.156. The lowest BCUT2D eigenvalue weighted by Gasteiger charge is -2.19. The number of aromatic nitrogens is 1. The Morgan fingerprint density at radius 3 is 2.63 bits per heavy atom. The van der Waals surface area contributed by atoms with Crippen LogP contribution in [0, 0.1) is 5.92 Å². The van der Waals surface area contributed by atoms with Crippen molar-refractivity contribution in [3.63, 3.8) is 0 Å². The fourth-order valence-electron chi connectivity index (χ4n) is 1.65. The predicted octanol–water partition coefficient (Wildman–Crippen LogP) is 3.18. The highest BCUT2D eigenvalue weighted by molar-refractivity contribution is 6.33. The standard InChI is InChI=1S/C13H20ClF2N3/c1-9(2)5-17-6-10-4-11(14)13(18-7-10)19(3)8-12(15)16/h4,7,9,12,17H,5-6,8H2,1-3H3. The zero-order chi connectivity index (χ0) is 14.4. The minimum absolute atomic E-state index is 0.377. The number of alkyl halides is 2. The molecule has 108 valence electrons. The molecule has 0 saturated carbocycles. The van der Waals surface area contributed by atoms with E-state index in [1.165, 1.54) is 4.90 Å². The molecule has 0 aliphatic carbocycles. The van der Waals surface area contributed by atoms with E-state index >= 15 is 0 Å². The Hall–Kier alpha value is -0.940. The average molecular weight is 292 g/mol. The number of halogens is 3. The molecule has 1 aromatic heterocycles. The van der Waals surface area contributed by atoms with E-state index in [0.29, 0.717) is 23.3 Å². The molecule has 1 rings (SSSR count). The van der Waals surface area contributed by atoms with E-state index in [-0.39, 0.29) is 6.54 Å². The fraction of sp³-hybridized carbons (Fsp3) is 0.615. The molecule has 0 aliphatic rings. The van der Waals surface area contributed by atoms with Crippen LogP contribution in [0.5, 0.6) is 0 Å². The zero-order valence-corrected chi connectivity index (χ0v) is 12.2. The number of nitrogens with zero attached hydrogens (tertiary/aromatic N) is 2. The van der Waals surface area contributed by atoms with Gasteiger partial charge < -0.3 is 10.2 Å². The number of hydrogen-bond acceptors (Lipinski definition) is 3. The van der Waals surface area contributed by atoms with Crippen molar-refractivity contribution in [1.82, 2.24) is 10.3 Å². The van der Waals surface area contributed by atoms with E-state index in [4.69, 9.17) is 11.6 Å². The molecule has 0 aromatic carbocycles. The maximum Gasteiger partial charge on any atom is 0.255 e. The van der Waals surface area contributed by atoms with E-state index in [1.54, 1.807) is 19.3 Å². The van der Waals surface area contributed by atoms with Crippen molar-refractivity contribution >= 4 is 17.4 Å². The Labute approximate surface area is 118 Å². The number of rotatable bonds is 7. The van der Waals surface area contributed by atoms with E-state index in [2.05, 4.69) is 24.1 Å². The summed E-state index contributed by atoms with van der Waals surface area (Å²) in [7, 11) is 1.55. The second kappa shape index (κ2) is 7.60. The molecule has 0 atom stereocenters. The van der Waals surface area contributed by atoms with Gasteiger partial charge in [0.25, 0.3) is 6.43 Å². The van der Waals surface area contributed by atoms with Crippen LogP contribution in [0.2, 0.25) is 5.02 Å². The summed E-state index contributed by atoms with van der Waals surface area (Å²) < 4.78 is 24.6. The molecule has 19 heavy (non-hydrogen) atoms. The normalized spacial score (nSPS) is 11.4. The lowest BCUT2D eigenvalue weighted by Crippen LogP contribution is -2.25. The van der Waals surface area contributed by atoms with Crippen molar-refractivity contribution in [2.24, 2.45) is 5.92 Å². The first kappa shape index (κ1) is 16.1.